The minimum absolute atomic E-state index is 0.0519. The van der Waals surface area contributed by atoms with Gasteiger partial charge in [0, 0.05) is 23.9 Å². The Kier molecular flexibility index (Phi) is 5.26. The molecule has 1 aromatic carbocycles. The number of hydrogen-bond acceptors (Lipinski definition) is 2. The summed E-state index contributed by atoms with van der Waals surface area (Å²) in [4.78, 5) is 13.4. The molecule has 0 radical (unpaired) electrons. The minimum atomic E-state index is -0.0519. The van der Waals surface area contributed by atoms with Crippen molar-refractivity contribution in [2.45, 2.75) is 25.8 Å². The average Bonchev–Trinajstić information content (AvgIpc) is 2.40. The molecule has 0 bridgehead atoms. The number of carbonyl (C=O) groups is 1. The first-order valence-electron chi connectivity index (χ1n) is 7.04. The zero-order valence-electron chi connectivity index (χ0n) is 12.0. The van der Waals surface area contributed by atoms with Crippen LogP contribution in [0.2, 0.25) is 5.02 Å². The molecule has 0 saturated carbocycles. The number of likely N-dealkylation sites (tertiary alicyclic amines) is 1. The lowest BCUT2D eigenvalue weighted by molar-refractivity contribution is -0.884. The Morgan fingerprint density at radius 3 is 2.80 bits per heavy atom. The lowest BCUT2D eigenvalue weighted by Crippen LogP contribution is -3.10. The fourth-order valence-corrected chi connectivity index (χ4v) is 2.67. The van der Waals surface area contributed by atoms with Gasteiger partial charge in [0.1, 0.15) is 5.75 Å². The van der Waals surface area contributed by atoms with Crippen LogP contribution in [0.1, 0.15) is 18.4 Å². The summed E-state index contributed by atoms with van der Waals surface area (Å²) in [6.45, 7) is 4.20. The van der Waals surface area contributed by atoms with Crippen molar-refractivity contribution in [2.75, 3.05) is 26.7 Å². The van der Waals surface area contributed by atoms with Crippen molar-refractivity contribution in [3.05, 3.63) is 28.8 Å². The van der Waals surface area contributed by atoms with Crippen molar-refractivity contribution in [1.29, 1.82) is 0 Å². The van der Waals surface area contributed by atoms with Crippen molar-refractivity contribution < 1.29 is 14.4 Å². The van der Waals surface area contributed by atoms with Crippen LogP contribution in [0.5, 0.6) is 5.75 Å². The predicted octanol–water partition coefficient (Wildman–Crippen LogP) is 0.821. The molecule has 0 spiro atoms. The molecular weight excluding hydrogens is 276 g/mol. The van der Waals surface area contributed by atoms with Crippen LogP contribution in [0, 0.1) is 6.92 Å². The SMILES string of the molecule is Cc1cc(Cl)ccc1OCC(=O)NC1CC[NH+](C)CC1. The molecule has 2 rings (SSSR count). The van der Waals surface area contributed by atoms with Gasteiger partial charge in [-0.3, -0.25) is 4.79 Å². The van der Waals surface area contributed by atoms with Gasteiger partial charge < -0.3 is 15.0 Å². The summed E-state index contributed by atoms with van der Waals surface area (Å²) in [6, 6.07) is 5.68. The van der Waals surface area contributed by atoms with Gasteiger partial charge in [0.05, 0.1) is 20.1 Å². The highest BCUT2D eigenvalue weighted by Crippen LogP contribution is 2.21. The Bertz CT molecular complexity index is 471. The van der Waals surface area contributed by atoms with E-state index in [1.54, 1.807) is 12.1 Å². The highest BCUT2D eigenvalue weighted by atomic mass is 35.5. The molecule has 110 valence electrons. The van der Waals surface area contributed by atoms with Gasteiger partial charge in [0.15, 0.2) is 6.61 Å². The summed E-state index contributed by atoms with van der Waals surface area (Å²) >= 11 is 5.88. The van der Waals surface area contributed by atoms with E-state index in [0.717, 1.165) is 31.5 Å². The molecule has 20 heavy (non-hydrogen) atoms. The van der Waals surface area contributed by atoms with E-state index in [4.69, 9.17) is 16.3 Å². The average molecular weight is 298 g/mol. The summed E-state index contributed by atoms with van der Waals surface area (Å²) in [7, 11) is 2.18. The predicted molar refractivity (Wildman–Crippen MR) is 79.5 cm³/mol. The van der Waals surface area contributed by atoms with E-state index in [0.29, 0.717) is 16.8 Å². The fraction of sp³-hybridized carbons (Fsp3) is 0.533. The normalized spacial score (nSPS) is 22.4. The van der Waals surface area contributed by atoms with Crippen molar-refractivity contribution in [3.8, 4) is 5.75 Å². The molecule has 0 aliphatic carbocycles. The third kappa shape index (κ3) is 4.39. The van der Waals surface area contributed by atoms with Gasteiger partial charge in [-0.05, 0) is 30.7 Å². The van der Waals surface area contributed by atoms with Crippen LogP contribution in [0.3, 0.4) is 0 Å². The number of amides is 1. The van der Waals surface area contributed by atoms with Crippen LogP contribution in [-0.4, -0.2) is 38.7 Å². The molecule has 4 nitrogen and oxygen atoms in total. The number of hydrogen-bond donors (Lipinski definition) is 2. The van der Waals surface area contributed by atoms with Crippen molar-refractivity contribution in [3.63, 3.8) is 0 Å². The van der Waals surface area contributed by atoms with Crippen LogP contribution in [0.25, 0.3) is 0 Å². The molecule has 1 aliphatic heterocycles. The number of benzene rings is 1. The first kappa shape index (κ1) is 15.1. The summed E-state index contributed by atoms with van der Waals surface area (Å²) in [5.74, 6) is 0.654. The zero-order valence-corrected chi connectivity index (χ0v) is 12.8. The lowest BCUT2D eigenvalue weighted by Gasteiger charge is -2.27. The van der Waals surface area contributed by atoms with Crippen LogP contribution in [0.15, 0.2) is 18.2 Å². The number of rotatable bonds is 4. The second kappa shape index (κ2) is 6.95. The summed E-state index contributed by atoms with van der Waals surface area (Å²) < 4.78 is 5.54. The molecule has 1 heterocycles. The Labute approximate surface area is 125 Å². The van der Waals surface area contributed by atoms with E-state index in [-0.39, 0.29) is 12.5 Å². The smallest absolute Gasteiger partial charge is 0.258 e. The van der Waals surface area contributed by atoms with Gasteiger partial charge in [0.25, 0.3) is 5.91 Å². The van der Waals surface area contributed by atoms with E-state index in [1.165, 1.54) is 4.90 Å². The maximum Gasteiger partial charge on any atom is 0.258 e. The largest absolute Gasteiger partial charge is 0.484 e. The number of ether oxygens (including phenoxy) is 1. The second-order valence-corrected chi connectivity index (χ2v) is 5.93. The molecule has 0 aromatic heterocycles. The maximum atomic E-state index is 11.9. The minimum Gasteiger partial charge on any atom is -0.484 e. The van der Waals surface area contributed by atoms with Crippen LogP contribution >= 0.6 is 11.6 Å². The van der Waals surface area contributed by atoms with E-state index < -0.39 is 0 Å². The van der Waals surface area contributed by atoms with E-state index in [1.807, 2.05) is 13.0 Å². The fourth-order valence-electron chi connectivity index (χ4n) is 2.44. The quantitative estimate of drug-likeness (QED) is 0.864. The van der Waals surface area contributed by atoms with Gasteiger partial charge in [-0.15, -0.1) is 0 Å². The summed E-state index contributed by atoms with van der Waals surface area (Å²) in [5, 5.41) is 3.71. The van der Waals surface area contributed by atoms with Gasteiger partial charge in [-0.2, -0.15) is 0 Å². The molecule has 2 N–H and O–H groups in total. The van der Waals surface area contributed by atoms with Gasteiger partial charge in [0.2, 0.25) is 0 Å². The number of nitrogens with one attached hydrogen (secondary N) is 2. The highest BCUT2D eigenvalue weighted by Gasteiger charge is 2.20. The summed E-state index contributed by atoms with van der Waals surface area (Å²) in [5.41, 5.74) is 0.938. The molecule has 1 amide bonds. The Balaban J connectivity index is 1.77. The number of quaternary nitrogens is 1. The highest BCUT2D eigenvalue weighted by molar-refractivity contribution is 6.30. The van der Waals surface area contributed by atoms with Crippen LogP contribution in [-0.2, 0) is 4.79 Å². The number of aryl methyl sites for hydroxylation is 1. The number of piperidine rings is 1. The van der Waals surface area contributed by atoms with Crippen molar-refractivity contribution in [1.82, 2.24) is 5.32 Å². The molecule has 1 aromatic rings. The molecule has 1 fully saturated rings. The van der Waals surface area contributed by atoms with Gasteiger partial charge >= 0.3 is 0 Å². The first-order valence-corrected chi connectivity index (χ1v) is 7.42. The van der Waals surface area contributed by atoms with Crippen molar-refractivity contribution >= 4 is 17.5 Å². The molecule has 1 aliphatic rings. The molecule has 0 unspecified atom stereocenters. The van der Waals surface area contributed by atoms with E-state index in [9.17, 15) is 4.79 Å². The molecule has 1 saturated heterocycles. The third-order valence-electron chi connectivity index (χ3n) is 3.70. The standard InChI is InChI=1S/C15H21ClN2O2/c1-11-9-12(16)3-4-14(11)20-10-15(19)17-13-5-7-18(2)8-6-13/h3-4,9,13H,5-8,10H2,1-2H3,(H,17,19)/p+1. The van der Waals surface area contributed by atoms with Crippen LogP contribution < -0.4 is 15.0 Å². The Morgan fingerprint density at radius 1 is 1.45 bits per heavy atom. The van der Waals surface area contributed by atoms with Gasteiger partial charge in [-0.1, -0.05) is 11.6 Å². The van der Waals surface area contributed by atoms with Crippen molar-refractivity contribution in [2.24, 2.45) is 0 Å². The Hall–Kier alpha value is -1.26. The van der Waals surface area contributed by atoms with E-state index in [2.05, 4.69) is 12.4 Å². The maximum absolute atomic E-state index is 11.9. The Morgan fingerprint density at radius 2 is 2.15 bits per heavy atom. The molecule has 0 atom stereocenters. The third-order valence-corrected chi connectivity index (χ3v) is 3.94. The topological polar surface area (TPSA) is 42.8 Å². The van der Waals surface area contributed by atoms with Crippen LogP contribution in [0.4, 0.5) is 0 Å². The lowest BCUT2D eigenvalue weighted by atomic mass is 10.1. The molecule has 5 heteroatoms. The number of halogens is 1. The molecular formula is C15H22ClN2O2+. The monoisotopic (exact) mass is 297 g/mol. The second-order valence-electron chi connectivity index (χ2n) is 5.50. The first-order chi connectivity index (χ1) is 9.54. The van der Waals surface area contributed by atoms with E-state index >= 15 is 0 Å². The number of carbonyl (C=O) groups excluding carboxylic acids is 1. The summed E-state index contributed by atoms with van der Waals surface area (Å²) in [6.07, 6.45) is 2.08. The zero-order chi connectivity index (χ0) is 14.5. The van der Waals surface area contributed by atoms with Gasteiger partial charge in [-0.25, -0.2) is 0 Å².